The van der Waals surface area contributed by atoms with Gasteiger partial charge < -0.3 is 29.0 Å². The number of carbonyl (C=O) groups excluding carboxylic acids is 1. The molecule has 2 aromatic rings. The van der Waals surface area contributed by atoms with Crippen molar-refractivity contribution in [3.63, 3.8) is 0 Å². The van der Waals surface area contributed by atoms with E-state index in [-0.39, 0.29) is 11.9 Å². The van der Waals surface area contributed by atoms with Gasteiger partial charge in [-0.05, 0) is 37.3 Å². The van der Waals surface area contributed by atoms with Crippen LogP contribution in [-0.4, -0.2) is 41.5 Å². The lowest BCUT2D eigenvalue weighted by Crippen LogP contribution is -2.27. The standard InChI is InChI=1S/C20H25NO6/c1-12(15-11-14(23-2)7-8-16(15)24-3)21-20(22)13-9-17(25-4)19(27-6)18(10-13)26-5/h7-12H,1-6H3,(H,21,22). The molecule has 0 aliphatic heterocycles. The molecule has 0 heterocycles. The van der Waals surface area contributed by atoms with Gasteiger partial charge >= 0.3 is 0 Å². The number of ether oxygens (including phenoxy) is 5. The fraction of sp³-hybridized carbons (Fsp3) is 0.350. The van der Waals surface area contributed by atoms with Crippen molar-refractivity contribution in [3.8, 4) is 28.7 Å². The Kier molecular flexibility index (Phi) is 6.76. The molecular formula is C20H25NO6. The van der Waals surface area contributed by atoms with Crippen LogP contribution in [0.15, 0.2) is 30.3 Å². The maximum Gasteiger partial charge on any atom is 0.252 e. The Bertz CT molecular complexity index is 780. The lowest BCUT2D eigenvalue weighted by molar-refractivity contribution is 0.0938. The Morgan fingerprint density at radius 1 is 0.815 bits per heavy atom. The van der Waals surface area contributed by atoms with Crippen LogP contribution in [-0.2, 0) is 0 Å². The Balaban J connectivity index is 2.32. The van der Waals surface area contributed by atoms with Crippen molar-refractivity contribution in [2.75, 3.05) is 35.5 Å². The molecule has 0 radical (unpaired) electrons. The molecule has 0 aliphatic rings. The third kappa shape index (κ3) is 4.36. The second-order valence-electron chi connectivity index (χ2n) is 5.72. The lowest BCUT2D eigenvalue weighted by atomic mass is 10.1. The molecule has 0 aliphatic carbocycles. The average Bonchev–Trinajstić information content (AvgIpc) is 2.71. The highest BCUT2D eigenvalue weighted by Crippen LogP contribution is 2.38. The molecule has 0 bridgehead atoms. The van der Waals surface area contributed by atoms with E-state index < -0.39 is 0 Å². The summed E-state index contributed by atoms with van der Waals surface area (Å²) in [6, 6.07) is 8.32. The van der Waals surface area contributed by atoms with E-state index in [0.29, 0.717) is 34.3 Å². The summed E-state index contributed by atoms with van der Waals surface area (Å²) in [5.74, 6) is 2.31. The monoisotopic (exact) mass is 375 g/mol. The van der Waals surface area contributed by atoms with Crippen LogP contribution in [0.2, 0.25) is 0 Å². The predicted octanol–water partition coefficient (Wildman–Crippen LogP) is 3.22. The Morgan fingerprint density at radius 2 is 1.41 bits per heavy atom. The van der Waals surface area contributed by atoms with Gasteiger partial charge in [0.25, 0.3) is 5.91 Å². The summed E-state index contributed by atoms with van der Waals surface area (Å²) in [6.07, 6.45) is 0. The number of nitrogens with one attached hydrogen (secondary N) is 1. The van der Waals surface area contributed by atoms with Crippen molar-refractivity contribution in [1.82, 2.24) is 5.32 Å². The summed E-state index contributed by atoms with van der Waals surface area (Å²) in [7, 11) is 7.69. The number of rotatable bonds is 8. The molecule has 27 heavy (non-hydrogen) atoms. The first-order chi connectivity index (χ1) is 13.0. The van der Waals surface area contributed by atoms with Gasteiger partial charge in [-0.25, -0.2) is 0 Å². The number of hydrogen-bond donors (Lipinski definition) is 1. The molecule has 0 aromatic heterocycles. The Hall–Kier alpha value is -3.09. The third-order valence-electron chi connectivity index (χ3n) is 4.18. The second-order valence-corrected chi connectivity index (χ2v) is 5.72. The first-order valence-corrected chi connectivity index (χ1v) is 8.31. The highest BCUT2D eigenvalue weighted by molar-refractivity contribution is 5.96. The maximum absolute atomic E-state index is 12.8. The van der Waals surface area contributed by atoms with Crippen LogP contribution in [0.25, 0.3) is 0 Å². The summed E-state index contributed by atoms with van der Waals surface area (Å²) >= 11 is 0. The zero-order valence-corrected chi connectivity index (χ0v) is 16.4. The fourth-order valence-electron chi connectivity index (χ4n) is 2.75. The summed E-state index contributed by atoms with van der Waals surface area (Å²) < 4.78 is 26.6. The molecule has 1 N–H and O–H groups in total. The molecule has 0 spiro atoms. The topological polar surface area (TPSA) is 75.3 Å². The van der Waals surface area contributed by atoms with Crippen LogP contribution in [0.1, 0.15) is 28.9 Å². The maximum atomic E-state index is 12.8. The van der Waals surface area contributed by atoms with E-state index in [1.54, 1.807) is 38.5 Å². The summed E-state index contributed by atoms with van der Waals surface area (Å²) in [5, 5.41) is 2.95. The molecule has 7 heteroatoms. The predicted molar refractivity (Wildman–Crippen MR) is 102 cm³/mol. The van der Waals surface area contributed by atoms with Gasteiger partial charge in [0.1, 0.15) is 11.5 Å². The van der Waals surface area contributed by atoms with E-state index in [1.807, 2.05) is 13.0 Å². The number of carbonyl (C=O) groups is 1. The number of methoxy groups -OCH3 is 5. The summed E-state index contributed by atoms with van der Waals surface area (Å²) in [6.45, 7) is 1.87. The minimum atomic E-state index is -0.318. The first-order valence-electron chi connectivity index (χ1n) is 8.31. The van der Waals surface area contributed by atoms with Crippen molar-refractivity contribution in [3.05, 3.63) is 41.5 Å². The van der Waals surface area contributed by atoms with E-state index in [1.165, 1.54) is 21.3 Å². The van der Waals surface area contributed by atoms with Crippen LogP contribution < -0.4 is 29.0 Å². The first kappa shape index (κ1) is 20.2. The van der Waals surface area contributed by atoms with Crippen LogP contribution in [0.4, 0.5) is 0 Å². The van der Waals surface area contributed by atoms with Crippen LogP contribution in [0, 0.1) is 0 Å². The molecule has 1 atom stereocenters. The molecule has 0 saturated carbocycles. The summed E-state index contributed by atoms with van der Waals surface area (Å²) in [5.41, 5.74) is 1.19. The highest BCUT2D eigenvalue weighted by atomic mass is 16.5. The highest BCUT2D eigenvalue weighted by Gasteiger charge is 2.20. The van der Waals surface area contributed by atoms with Crippen molar-refractivity contribution in [2.45, 2.75) is 13.0 Å². The molecule has 0 saturated heterocycles. The zero-order valence-electron chi connectivity index (χ0n) is 16.4. The largest absolute Gasteiger partial charge is 0.497 e. The van der Waals surface area contributed by atoms with E-state index in [0.717, 1.165) is 5.56 Å². The molecule has 146 valence electrons. The van der Waals surface area contributed by atoms with Gasteiger partial charge in [-0.15, -0.1) is 0 Å². The fourth-order valence-corrected chi connectivity index (χ4v) is 2.75. The van der Waals surface area contributed by atoms with E-state index in [9.17, 15) is 4.79 Å². The molecule has 2 aromatic carbocycles. The number of hydrogen-bond acceptors (Lipinski definition) is 6. The van der Waals surface area contributed by atoms with Crippen LogP contribution >= 0.6 is 0 Å². The van der Waals surface area contributed by atoms with Crippen molar-refractivity contribution >= 4 is 5.91 Å². The molecule has 7 nitrogen and oxygen atoms in total. The smallest absolute Gasteiger partial charge is 0.252 e. The van der Waals surface area contributed by atoms with Gasteiger partial charge in [0.15, 0.2) is 11.5 Å². The minimum absolute atomic E-state index is 0.286. The SMILES string of the molecule is COc1ccc(OC)c(C(C)NC(=O)c2cc(OC)c(OC)c(OC)c2)c1. The van der Waals surface area contributed by atoms with E-state index in [2.05, 4.69) is 5.32 Å². The lowest BCUT2D eigenvalue weighted by Gasteiger charge is -2.19. The van der Waals surface area contributed by atoms with Gasteiger partial charge in [-0.1, -0.05) is 0 Å². The Morgan fingerprint density at radius 3 is 1.89 bits per heavy atom. The molecule has 0 fully saturated rings. The number of amides is 1. The van der Waals surface area contributed by atoms with Gasteiger partial charge in [-0.3, -0.25) is 4.79 Å². The number of benzene rings is 2. The van der Waals surface area contributed by atoms with Crippen molar-refractivity contribution < 1.29 is 28.5 Å². The van der Waals surface area contributed by atoms with E-state index >= 15 is 0 Å². The third-order valence-corrected chi connectivity index (χ3v) is 4.18. The van der Waals surface area contributed by atoms with Crippen molar-refractivity contribution in [2.24, 2.45) is 0 Å². The van der Waals surface area contributed by atoms with Crippen LogP contribution in [0.5, 0.6) is 28.7 Å². The molecule has 2 rings (SSSR count). The normalized spacial score (nSPS) is 11.3. The van der Waals surface area contributed by atoms with Crippen LogP contribution in [0.3, 0.4) is 0 Å². The zero-order chi connectivity index (χ0) is 20.0. The molecular weight excluding hydrogens is 350 g/mol. The van der Waals surface area contributed by atoms with E-state index in [4.69, 9.17) is 23.7 Å². The summed E-state index contributed by atoms with van der Waals surface area (Å²) in [4.78, 5) is 12.8. The van der Waals surface area contributed by atoms with Gasteiger partial charge in [0.2, 0.25) is 5.75 Å². The second kappa shape index (κ2) is 9.02. The molecule has 1 unspecified atom stereocenters. The Labute approximate surface area is 159 Å². The van der Waals surface area contributed by atoms with Gasteiger partial charge in [0, 0.05) is 11.1 Å². The van der Waals surface area contributed by atoms with Gasteiger partial charge in [0.05, 0.1) is 41.6 Å². The molecule has 1 amide bonds. The van der Waals surface area contributed by atoms with Gasteiger partial charge in [-0.2, -0.15) is 0 Å². The average molecular weight is 375 g/mol. The quantitative estimate of drug-likeness (QED) is 0.764. The minimum Gasteiger partial charge on any atom is -0.497 e. The van der Waals surface area contributed by atoms with Crippen molar-refractivity contribution in [1.29, 1.82) is 0 Å².